The summed E-state index contributed by atoms with van der Waals surface area (Å²) in [5.41, 5.74) is 1.64. The van der Waals surface area contributed by atoms with Gasteiger partial charge in [-0.3, -0.25) is 4.90 Å². The Hall–Kier alpha value is -0.543. The fraction of sp³-hybridized carbons (Fsp3) is 0.750. The molecule has 0 radical (unpaired) electrons. The molecule has 110 valence electrons. The summed E-state index contributed by atoms with van der Waals surface area (Å²) in [7, 11) is 3.26. The topological polar surface area (TPSA) is 12.5 Å². The van der Waals surface area contributed by atoms with Gasteiger partial charge in [0.05, 0.1) is 12.1 Å². The minimum atomic E-state index is -1.12. The Labute approximate surface area is 120 Å². The molecular weight excluding hydrogens is 250 g/mol. The minimum Gasteiger partial charge on any atom is -0.494 e. The Morgan fingerprint density at radius 1 is 1.21 bits per heavy atom. The molecule has 3 heteroatoms. The molecule has 0 bridgehead atoms. The van der Waals surface area contributed by atoms with Crippen LogP contribution >= 0.6 is 0 Å². The van der Waals surface area contributed by atoms with E-state index in [2.05, 4.69) is 64.6 Å². The molecule has 0 saturated heterocycles. The van der Waals surface area contributed by atoms with Crippen LogP contribution in [0.15, 0.2) is 23.5 Å². The van der Waals surface area contributed by atoms with Gasteiger partial charge in [-0.1, -0.05) is 33.0 Å². The first kappa shape index (κ1) is 16.5. The largest absolute Gasteiger partial charge is 0.494 e. The summed E-state index contributed by atoms with van der Waals surface area (Å²) in [6.45, 7) is 12.4. The third-order valence-corrected chi connectivity index (χ3v) is 5.16. The normalized spacial score (nSPS) is 23.6. The molecule has 0 aromatic rings. The van der Waals surface area contributed by atoms with E-state index in [1.165, 1.54) is 18.9 Å². The smallest absolute Gasteiger partial charge is 0.117 e. The maximum Gasteiger partial charge on any atom is 0.117 e. The van der Waals surface area contributed by atoms with Gasteiger partial charge in [0.25, 0.3) is 0 Å². The Morgan fingerprint density at radius 2 is 1.84 bits per heavy atom. The van der Waals surface area contributed by atoms with Crippen LogP contribution in [0.5, 0.6) is 0 Å². The molecular formula is C16H31NOSi. The van der Waals surface area contributed by atoms with Crippen molar-refractivity contribution in [2.24, 2.45) is 0 Å². The Balaban J connectivity index is 3.11. The SMILES string of the molecule is CCCC1(N(C)C)C=C(OCC)C=C1C[Si](C)(C)C. The molecule has 0 aromatic heterocycles. The molecule has 2 nitrogen and oxygen atoms in total. The van der Waals surface area contributed by atoms with Crippen LogP contribution in [0.3, 0.4) is 0 Å². The van der Waals surface area contributed by atoms with Gasteiger partial charge in [-0.2, -0.15) is 0 Å². The van der Waals surface area contributed by atoms with Crippen molar-refractivity contribution in [2.45, 2.75) is 57.9 Å². The van der Waals surface area contributed by atoms with Crippen molar-refractivity contribution < 1.29 is 4.74 Å². The molecule has 0 fully saturated rings. The standard InChI is InChI=1S/C16H31NOSi/c1-8-10-16(17(3)4)12-15(18-9-2)11-14(16)13-19(5,6)7/h11-12H,8-10,13H2,1-7H3. The summed E-state index contributed by atoms with van der Waals surface area (Å²) in [5.74, 6) is 1.07. The van der Waals surface area contributed by atoms with Crippen molar-refractivity contribution in [2.75, 3.05) is 20.7 Å². The zero-order valence-electron chi connectivity index (χ0n) is 13.8. The molecule has 0 aromatic carbocycles. The summed E-state index contributed by atoms with van der Waals surface area (Å²) in [5, 5.41) is 0. The summed E-state index contributed by atoms with van der Waals surface area (Å²) in [6, 6.07) is 1.25. The predicted molar refractivity (Wildman–Crippen MR) is 87.3 cm³/mol. The van der Waals surface area contributed by atoms with Crippen molar-refractivity contribution >= 4 is 8.07 Å². The van der Waals surface area contributed by atoms with Gasteiger partial charge < -0.3 is 4.74 Å². The quantitative estimate of drug-likeness (QED) is 0.646. The number of rotatable bonds is 7. The molecule has 0 amide bonds. The van der Waals surface area contributed by atoms with E-state index >= 15 is 0 Å². The maximum atomic E-state index is 5.77. The third-order valence-electron chi connectivity index (χ3n) is 3.71. The van der Waals surface area contributed by atoms with E-state index in [0.29, 0.717) is 0 Å². The highest BCUT2D eigenvalue weighted by Gasteiger charge is 2.39. The second-order valence-corrected chi connectivity index (χ2v) is 12.4. The van der Waals surface area contributed by atoms with Gasteiger partial charge in [0.2, 0.25) is 0 Å². The second-order valence-electron chi connectivity index (χ2n) is 6.96. The lowest BCUT2D eigenvalue weighted by molar-refractivity contribution is 0.218. The van der Waals surface area contributed by atoms with Gasteiger partial charge >= 0.3 is 0 Å². The van der Waals surface area contributed by atoms with Crippen LogP contribution in [-0.2, 0) is 4.74 Å². The Bertz CT molecular complexity index is 365. The lowest BCUT2D eigenvalue weighted by Crippen LogP contribution is -2.44. The average Bonchev–Trinajstić information content (AvgIpc) is 2.56. The lowest BCUT2D eigenvalue weighted by Gasteiger charge is -2.39. The van der Waals surface area contributed by atoms with E-state index in [0.717, 1.165) is 12.4 Å². The van der Waals surface area contributed by atoms with E-state index in [1.54, 1.807) is 5.57 Å². The maximum absolute atomic E-state index is 5.77. The number of hydrogen-bond donors (Lipinski definition) is 0. The molecule has 0 aliphatic heterocycles. The fourth-order valence-electron chi connectivity index (χ4n) is 2.95. The monoisotopic (exact) mass is 281 g/mol. The number of likely N-dealkylation sites (N-methyl/N-ethyl adjacent to an activating group) is 1. The van der Waals surface area contributed by atoms with Crippen molar-refractivity contribution in [1.82, 2.24) is 4.90 Å². The van der Waals surface area contributed by atoms with Gasteiger partial charge in [-0.25, -0.2) is 0 Å². The van der Waals surface area contributed by atoms with Gasteiger partial charge in [-0.05, 0) is 51.2 Å². The number of allylic oxidation sites excluding steroid dienone is 1. The summed E-state index contributed by atoms with van der Waals surface area (Å²) >= 11 is 0. The Kier molecular flexibility index (Phi) is 5.45. The van der Waals surface area contributed by atoms with Crippen LogP contribution in [0.25, 0.3) is 0 Å². The van der Waals surface area contributed by atoms with E-state index in [1.807, 2.05) is 0 Å². The zero-order valence-corrected chi connectivity index (χ0v) is 14.8. The van der Waals surface area contributed by atoms with Crippen LogP contribution in [0, 0.1) is 0 Å². The van der Waals surface area contributed by atoms with Crippen LogP contribution in [0.1, 0.15) is 26.7 Å². The van der Waals surface area contributed by atoms with Gasteiger partial charge in [-0.15, -0.1) is 0 Å². The highest BCUT2D eigenvalue weighted by molar-refractivity contribution is 6.76. The predicted octanol–water partition coefficient (Wildman–Crippen LogP) is 4.29. The Morgan fingerprint density at radius 3 is 2.26 bits per heavy atom. The molecule has 1 unspecified atom stereocenters. The molecule has 0 N–H and O–H groups in total. The number of nitrogens with zero attached hydrogens (tertiary/aromatic N) is 1. The highest BCUT2D eigenvalue weighted by Crippen LogP contribution is 2.41. The summed E-state index contributed by atoms with van der Waals surface area (Å²) < 4.78 is 5.77. The molecule has 0 heterocycles. The molecule has 0 spiro atoms. The molecule has 1 rings (SSSR count). The van der Waals surface area contributed by atoms with Crippen LogP contribution < -0.4 is 0 Å². The van der Waals surface area contributed by atoms with E-state index < -0.39 is 8.07 Å². The van der Waals surface area contributed by atoms with Gasteiger partial charge in [0, 0.05) is 8.07 Å². The highest BCUT2D eigenvalue weighted by atomic mass is 28.3. The number of hydrogen-bond acceptors (Lipinski definition) is 2. The average molecular weight is 282 g/mol. The fourth-order valence-corrected chi connectivity index (χ4v) is 4.50. The lowest BCUT2D eigenvalue weighted by atomic mass is 9.87. The van der Waals surface area contributed by atoms with Gasteiger partial charge in [0.15, 0.2) is 0 Å². The van der Waals surface area contributed by atoms with Crippen molar-refractivity contribution in [3.05, 3.63) is 23.5 Å². The van der Waals surface area contributed by atoms with E-state index in [4.69, 9.17) is 4.74 Å². The van der Waals surface area contributed by atoms with E-state index in [9.17, 15) is 0 Å². The van der Waals surface area contributed by atoms with Crippen molar-refractivity contribution in [1.29, 1.82) is 0 Å². The first-order valence-corrected chi connectivity index (χ1v) is 11.2. The van der Waals surface area contributed by atoms with E-state index in [-0.39, 0.29) is 5.54 Å². The summed E-state index contributed by atoms with van der Waals surface area (Å²) in [6.07, 6.45) is 7.01. The molecule has 1 atom stereocenters. The molecule has 1 aliphatic carbocycles. The molecule has 1 aliphatic rings. The van der Waals surface area contributed by atoms with Crippen LogP contribution in [-0.4, -0.2) is 39.2 Å². The van der Waals surface area contributed by atoms with Crippen molar-refractivity contribution in [3.63, 3.8) is 0 Å². The van der Waals surface area contributed by atoms with Crippen LogP contribution in [0.4, 0.5) is 0 Å². The molecule has 0 saturated carbocycles. The number of ether oxygens (including phenoxy) is 1. The first-order chi connectivity index (χ1) is 8.75. The minimum absolute atomic E-state index is 0.0829. The third kappa shape index (κ3) is 3.96. The van der Waals surface area contributed by atoms with Gasteiger partial charge in [0.1, 0.15) is 5.76 Å². The second kappa shape index (κ2) is 6.27. The molecule has 19 heavy (non-hydrogen) atoms. The summed E-state index contributed by atoms with van der Waals surface area (Å²) in [4.78, 5) is 2.37. The van der Waals surface area contributed by atoms with Crippen LogP contribution in [0.2, 0.25) is 25.7 Å². The zero-order chi connectivity index (χ0) is 14.7. The van der Waals surface area contributed by atoms with Crippen molar-refractivity contribution in [3.8, 4) is 0 Å². The first-order valence-electron chi connectivity index (χ1n) is 7.49.